The minimum Gasteiger partial charge on any atom is -0.396 e. The van der Waals surface area contributed by atoms with E-state index in [1.54, 1.807) is 0 Å². The number of aliphatic hydroxyl groups excluding tert-OH is 2. The summed E-state index contributed by atoms with van der Waals surface area (Å²) in [6, 6.07) is 10.2. The van der Waals surface area contributed by atoms with E-state index in [0.29, 0.717) is 6.42 Å². The van der Waals surface area contributed by atoms with Gasteiger partial charge >= 0.3 is 0 Å². The Hall–Kier alpha value is -1.12. The van der Waals surface area contributed by atoms with Gasteiger partial charge in [-0.05, 0) is 30.7 Å². The molecule has 1 rings (SSSR count). The van der Waals surface area contributed by atoms with Gasteiger partial charge in [-0.1, -0.05) is 62.2 Å². The summed E-state index contributed by atoms with van der Waals surface area (Å²) in [6.45, 7) is 4.31. The van der Waals surface area contributed by atoms with E-state index >= 15 is 0 Å². The van der Waals surface area contributed by atoms with Crippen LogP contribution < -0.4 is 0 Å². The second-order valence-electron chi connectivity index (χ2n) is 5.35. The van der Waals surface area contributed by atoms with E-state index in [1.807, 2.05) is 25.1 Å². The zero-order valence-electron chi connectivity index (χ0n) is 12.0. The Morgan fingerprint density at radius 3 is 2.47 bits per heavy atom. The topological polar surface area (TPSA) is 40.5 Å². The minimum atomic E-state index is -0.272. The summed E-state index contributed by atoms with van der Waals surface area (Å²) in [4.78, 5) is 0. The van der Waals surface area contributed by atoms with Gasteiger partial charge in [0.2, 0.25) is 0 Å². The van der Waals surface area contributed by atoms with E-state index in [0.717, 1.165) is 24.8 Å². The fourth-order valence-electron chi connectivity index (χ4n) is 2.24. The summed E-state index contributed by atoms with van der Waals surface area (Å²) in [7, 11) is 0. The van der Waals surface area contributed by atoms with E-state index in [-0.39, 0.29) is 18.6 Å². The molecule has 0 spiro atoms. The fourth-order valence-corrected chi connectivity index (χ4v) is 2.24. The maximum Gasteiger partial charge on any atom is 0.0577 e. The first kappa shape index (κ1) is 15.9. The molecule has 0 aliphatic heterocycles. The zero-order chi connectivity index (χ0) is 14.1. The molecule has 1 aromatic carbocycles. The quantitative estimate of drug-likeness (QED) is 0.751. The molecule has 0 saturated carbocycles. The van der Waals surface area contributed by atoms with E-state index in [2.05, 4.69) is 25.1 Å². The van der Waals surface area contributed by atoms with Gasteiger partial charge in [0.1, 0.15) is 0 Å². The fraction of sp³-hybridized carbons (Fsp3) is 0.529. The molecule has 0 aromatic heterocycles. The van der Waals surface area contributed by atoms with E-state index in [4.69, 9.17) is 0 Å². The maximum atomic E-state index is 9.98. The van der Waals surface area contributed by atoms with Crippen LogP contribution in [-0.2, 0) is 0 Å². The third-order valence-corrected chi connectivity index (χ3v) is 3.21. The summed E-state index contributed by atoms with van der Waals surface area (Å²) in [5, 5.41) is 19.2. The first-order valence-electron chi connectivity index (χ1n) is 7.19. The molecule has 0 aliphatic carbocycles. The van der Waals surface area contributed by atoms with Gasteiger partial charge in [-0.3, -0.25) is 0 Å². The van der Waals surface area contributed by atoms with Crippen LogP contribution in [0.3, 0.4) is 0 Å². The first-order chi connectivity index (χ1) is 9.15. The lowest BCUT2D eigenvalue weighted by Gasteiger charge is -2.16. The van der Waals surface area contributed by atoms with E-state index < -0.39 is 0 Å². The smallest absolute Gasteiger partial charge is 0.0577 e. The largest absolute Gasteiger partial charge is 0.396 e. The first-order valence-corrected chi connectivity index (χ1v) is 7.19. The molecule has 0 radical (unpaired) electrons. The Morgan fingerprint density at radius 1 is 1.21 bits per heavy atom. The van der Waals surface area contributed by atoms with E-state index in [1.165, 1.54) is 5.57 Å². The number of benzene rings is 1. The highest BCUT2D eigenvalue weighted by atomic mass is 16.3. The molecule has 2 atom stereocenters. The van der Waals surface area contributed by atoms with Gasteiger partial charge in [0.15, 0.2) is 0 Å². The van der Waals surface area contributed by atoms with Crippen LogP contribution in [0.1, 0.15) is 45.1 Å². The van der Waals surface area contributed by atoms with Crippen molar-refractivity contribution in [3.8, 4) is 0 Å². The van der Waals surface area contributed by atoms with Gasteiger partial charge in [0, 0.05) is 6.61 Å². The van der Waals surface area contributed by atoms with Crippen molar-refractivity contribution < 1.29 is 10.2 Å². The lowest BCUT2D eigenvalue weighted by molar-refractivity contribution is 0.160. The molecule has 2 heteroatoms. The average molecular weight is 262 g/mol. The molecule has 2 nitrogen and oxygen atoms in total. The highest BCUT2D eigenvalue weighted by Crippen LogP contribution is 2.21. The molecule has 0 unspecified atom stereocenters. The molecule has 0 bridgehead atoms. The van der Waals surface area contributed by atoms with Gasteiger partial charge in [-0.2, -0.15) is 0 Å². The SMILES string of the molecule is CCC[C@@H](O)C/C(=C/c1ccccc1)C[C@@H](C)CO. The van der Waals surface area contributed by atoms with Crippen LogP contribution in [0.5, 0.6) is 0 Å². The van der Waals surface area contributed by atoms with Gasteiger partial charge in [-0.15, -0.1) is 0 Å². The van der Waals surface area contributed by atoms with Crippen molar-refractivity contribution in [1.82, 2.24) is 0 Å². The Morgan fingerprint density at radius 2 is 1.89 bits per heavy atom. The normalized spacial score (nSPS) is 15.3. The van der Waals surface area contributed by atoms with Crippen LogP contribution in [0.15, 0.2) is 35.9 Å². The van der Waals surface area contributed by atoms with Gasteiger partial charge in [0.05, 0.1) is 6.10 Å². The molecule has 1 aromatic rings. The van der Waals surface area contributed by atoms with Crippen molar-refractivity contribution in [2.45, 2.75) is 45.6 Å². The van der Waals surface area contributed by atoms with Crippen molar-refractivity contribution in [1.29, 1.82) is 0 Å². The lowest BCUT2D eigenvalue weighted by Crippen LogP contribution is -2.10. The Balaban J connectivity index is 2.76. The van der Waals surface area contributed by atoms with Crippen LogP contribution in [0, 0.1) is 5.92 Å². The molecule has 0 saturated heterocycles. The molecule has 0 fully saturated rings. The molecule has 2 N–H and O–H groups in total. The predicted octanol–water partition coefficient (Wildman–Crippen LogP) is 3.64. The van der Waals surface area contributed by atoms with E-state index in [9.17, 15) is 10.2 Å². The van der Waals surface area contributed by atoms with Crippen LogP contribution >= 0.6 is 0 Å². The third-order valence-electron chi connectivity index (χ3n) is 3.21. The second kappa shape index (κ2) is 8.89. The number of hydrogen-bond donors (Lipinski definition) is 2. The van der Waals surface area contributed by atoms with Crippen LogP contribution in [0.2, 0.25) is 0 Å². The molecule has 0 amide bonds. The zero-order valence-corrected chi connectivity index (χ0v) is 12.0. The third kappa shape index (κ3) is 6.55. The average Bonchev–Trinajstić information content (AvgIpc) is 2.39. The molecule has 106 valence electrons. The monoisotopic (exact) mass is 262 g/mol. The second-order valence-corrected chi connectivity index (χ2v) is 5.35. The Labute approximate surface area is 116 Å². The van der Waals surface area contributed by atoms with Crippen molar-refractivity contribution in [3.05, 3.63) is 41.5 Å². The highest BCUT2D eigenvalue weighted by Gasteiger charge is 2.10. The summed E-state index contributed by atoms with van der Waals surface area (Å²) < 4.78 is 0. The highest BCUT2D eigenvalue weighted by molar-refractivity contribution is 5.52. The lowest BCUT2D eigenvalue weighted by atomic mass is 9.94. The Kier molecular flexibility index (Phi) is 7.46. The molecule has 0 heterocycles. The van der Waals surface area contributed by atoms with Crippen molar-refractivity contribution in [2.24, 2.45) is 5.92 Å². The summed E-state index contributed by atoms with van der Waals surface area (Å²) in [5.41, 5.74) is 2.38. The summed E-state index contributed by atoms with van der Waals surface area (Å²) in [6.07, 6.45) is 5.24. The van der Waals surface area contributed by atoms with Gasteiger partial charge < -0.3 is 10.2 Å². The summed E-state index contributed by atoms with van der Waals surface area (Å²) in [5.74, 6) is 0.240. The van der Waals surface area contributed by atoms with Crippen LogP contribution in [0.4, 0.5) is 0 Å². The Bertz CT molecular complexity index is 370. The van der Waals surface area contributed by atoms with Crippen LogP contribution in [0.25, 0.3) is 6.08 Å². The van der Waals surface area contributed by atoms with Gasteiger partial charge in [-0.25, -0.2) is 0 Å². The van der Waals surface area contributed by atoms with Gasteiger partial charge in [0.25, 0.3) is 0 Å². The molecular weight excluding hydrogens is 236 g/mol. The van der Waals surface area contributed by atoms with Crippen LogP contribution in [-0.4, -0.2) is 22.9 Å². The number of aliphatic hydroxyl groups is 2. The molecular formula is C17H26O2. The standard InChI is InChI=1S/C17H26O2/c1-3-7-17(19)12-16(10-14(2)13-18)11-15-8-5-4-6-9-15/h4-6,8-9,11,14,17-19H,3,7,10,12-13H2,1-2H3/b16-11+/t14-,17-/m1/s1. The number of hydrogen-bond acceptors (Lipinski definition) is 2. The molecule has 19 heavy (non-hydrogen) atoms. The van der Waals surface area contributed by atoms with Crippen molar-refractivity contribution in [2.75, 3.05) is 6.61 Å². The van der Waals surface area contributed by atoms with Crippen molar-refractivity contribution in [3.63, 3.8) is 0 Å². The molecule has 0 aliphatic rings. The number of rotatable bonds is 8. The summed E-state index contributed by atoms with van der Waals surface area (Å²) >= 11 is 0. The van der Waals surface area contributed by atoms with Crippen molar-refractivity contribution >= 4 is 6.08 Å². The minimum absolute atomic E-state index is 0.190. The predicted molar refractivity (Wildman–Crippen MR) is 80.8 cm³/mol. The maximum absolute atomic E-state index is 9.98.